The number of nitrogens with one attached hydrogen (secondary N) is 2. The van der Waals surface area contributed by atoms with Gasteiger partial charge in [0.2, 0.25) is 5.91 Å². The minimum absolute atomic E-state index is 0.0748. The van der Waals surface area contributed by atoms with Crippen LogP contribution < -0.4 is 10.6 Å². The van der Waals surface area contributed by atoms with Gasteiger partial charge in [-0.3, -0.25) is 4.79 Å². The van der Waals surface area contributed by atoms with Gasteiger partial charge in [0, 0.05) is 17.4 Å². The van der Waals surface area contributed by atoms with Crippen molar-refractivity contribution < 1.29 is 4.79 Å². The lowest BCUT2D eigenvalue weighted by Crippen LogP contribution is -2.32. The molecule has 0 aliphatic carbocycles. The molecule has 1 heterocycles. The molecule has 0 saturated carbocycles. The lowest BCUT2D eigenvalue weighted by molar-refractivity contribution is -0.117. The summed E-state index contributed by atoms with van der Waals surface area (Å²) in [5.74, 6) is -0.0286. The Bertz CT molecular complexity index is 688. The van der Waals surface area contributed by atoms with Gasteiger partial charge in [0.1, 0.15) is 0 Å². The van der Waals surface area contributed by atoms with E-state index in [1.807, 2.05) is 50.2 Å². The maximum absolute atomic E-state index is 12.8. The highest BCUT2D eigenvalue weighted by molar-refractivity contribution is 5.97. The third-order valence-corrected chi connectivity index (χ3v) is 4.13. The summed E-state index contributed by atoms with van der Waals surface area (Å²) >= 11 is 0. The van der Waals surface area contributed by atoms with E-state index in [4.69, 9.17) is 0 Å². The van der Waals surface area contributed by atoms with E-state index < -0.39 is 0 Å². The normalized spacial score (nSPS) is 20.0. The Morgan fingerprint density at radius 2 is 1.82 bits per heavy atom. The Morgan fingerprint density at radius 1 is 1.14 bits per heavy atom. The topological polar surface area (TPSA) is 41.1 Å². The van der Waals surface area contributed by atoms with Crippen LogP contribution in [0.3, 0.4) is 0 Å². The average Bonchev–Trinajstić information content (AvgIpc) is 2.45. The highest BCUT2D eigenvalue weighted by Gasteiger charge is 2.29. The smallest absolute Gasteiger partial charge is 0.232 e. The maximum Gasteiger partial charge on any atom is 0.232 e. The molecule has 0 bridgehead atoms. The molecule has 1 aliphatic heterocycles. The second kappa shape index (κ2) is 5.84. The van der Waals surface area contributed by atoms with E-state index in [1.165, 1.54) is 0 Å². The van der Waals surface area contributed by atoms with E-state index in [-0.39, 0.29) is 11.8 Å². The quantitative estimate of drug-likeness (QED) is 0.870. The zero-order valence-electron chi connectivity index (χ0n) is 13.3. The fraction of sp³-hybridized carbons (Fsp3) is 0.316. The standard InChI is InChI=1S/C19H22N2O/c1-12-8-13(2)10-15(9-12)21-19(22)17-11-14(3)20-18-7-5-4-6-16(17)18/h4-10,14,17,20H,11H2,1-3H3,(H,21,22). The minimum atomic E-state index is -0.103. The fourth-order valence-corrected chi connectivity index (χ4v) is 3.26. The number of para-hydroxylation sites is 1. The summed E-state index contributed by atoms with van der Waals surface area (Å²) in [7, 11) is 0. The summed E-state index contributed by atoms with van der Waals surface area (Å²) in [5, 5.41) is 6.53. The molecule has 0 radical (unpaired) electrons. The zero-order chi connectivity index (χ0) is 15.7. The molecule has 0 aromatic heterocycles. The third-order valence-electron chi connectivity index (χ3n) is 4.13. The first-order valence-corrected chi connectivity index (χ1v) is 7.77. The number of rotatable bonds is 2. The summed E-state index contributed by atoms with van der Waals surface area (Å²) in [4.78, 5) is 12.8. The van der Waals surface area contributed by atoms with E-state index in [0.717, 1.165) is 34.5 Å². The third kappa shape index (κ3) is 2.98. The van der Waals surface area contributed by atoms with Crippen LogP contribution in [-0.2, 0) is 4.79 Å². The van der Waals surface area contributed by atoms with Gasteiger partial charge in [-0.25, -0.2) is 0 Å². The molecule has 3 heteroatoms. The number of aryl methyl sites for hydroxylation is 2. The van der Waals surface area contributed by atoms with Crippen LogP contribution >= 0.6 is 0 Å². The van der Waals surface area contributed by atoms with Crippen LogP contribution in [0.2, 0.25) is 0 Å². The lowest BCUT2D eigenvalue weighted by Gasteiger charge is -2.30. The number of carbonyl (C=O) groups excluding carboxylic acids is 1. The Kier molecular flexibility index (Phi) is 3.88. The molecule has 0 saturated heterocycles. The lowest BCUT2D eigenvalue weighted by atomic mass is 9.86. The van der Waals surface area contributed by atoms with Crippen molar-refractivity contribution in [1.82, 2.24) is 0 Å². The van der Waals surface area contributed by atoms with Gasteiger partial charge in [0.25, 0.3) is 0 Å². The van der Waals surface area contributed by atoms with Gasteiger partial charge in [-0.1, -0.05) is 24.3 Å². The van der Waals surface area contributed by atoms with Crippen molar-refractivity contribution in [2.45, 2.75) is 39.2 Å². The van der Waals surface area contributed by atoms with Crippen molar-refractivity contribution in [1.29, 1.82) is 0 Å². The van der Waals surface area contributed by atoms with Crippen LogP contribution in [0.1, 0.15) is 36.0 Å². The van der Waals surface area contributed by atoms with Crippen molar-refractivity contribution >= 4 is 17.3 Å². The van der Waals surface area contributed by atoms with E-state index in [2.05, 4.69) is 23.6 Å². The van der Waals surface area contributed by atoms with Crippen LogP contribution in [0.15, 0.2) is 42.5 Å². The molecule has 2 aromatic rings. The van der Waals surface area contributed by atoms with Gasteiger partial charge < -0.3 is 10.6 Å². The zero-order valence-corrected chi connectivity index (χ0v) is 13.3. The van der Waals surface area contributed by atoms with Crippen LogP contribution in [0.4, 0.5) is 11.4 Å². The number of amides is 1. The van der Waals surface area contributed by atoms with Crippen molar-refractivity contribution in [3.05, 3.63) is 59.2 Å². The van der Waals surface area contributed by atoms with Crippen LogP contribution in [0.5, 0.6) is 0 Å². The van der Waals surface area contributed by atoms with E-state index in [1.54, 1.807) is 0 Å². The average molecular weight is 294 g/mol. The molecule has 2 N–H and O–H groups in total. The van der Waals surface area contributed by atoms with Crippen molar-refractivity contribution in [3.63, 3.8) is 0 Å². The van der Waals surface area contributed by atoms with E-state index >= 15 is 0 Å². The number of anilines is 2. The monoisotopic (exact) mass is 294 g/mol. The predicted molar refractivity (Wildman–Crippen MR) is 91.4 cm³/mol. The Hall–Kier alpha value is -2.29. The van der Waals surface area contributed by atoms with E-state index in [9.17, 15) is 4.79 Å². The molecule has 2 atom stereocenters. The van der Waals surface area contributed by atoms with Crippen LogP contribution in [0, 0.1) is 13.8 Å². The summed E-state index contributed by atoms with van der Waals surface area (Å²) in [5.41, 5.74) is 5.36. The van der Waals surface area contributed by atoms with Gasteiger partial charge in [-0.05, 0) is 62.1 Å². The van der Waals surface area contributed by atoms with Crippen LogP contribution in [-0.4, -0.2) is 11.9 Å². The molecule has 114 valence electrons. The highest BCUT2D eigenvalue weighted by atomic mass is 16.1. The molecular weight excluding hydrogens is 272 g/mol. The molecular formula is C19H22N2O. The number of carbonyl (C=O) groups is 1. The summed E-state index contributed by atoms with van der Waals surface area (Å²) in [6.45, 7) is 6.21. The first-order chi connectivity index (χ1) is 10.5. The molecule has 3 nitrogen and oxygen atoms in total. The summed E-state index contributed by atoms with van der Waals surface area (Å²) in [6, 6.07) is 14.5. The van der Waals surface area contributed by atoms with Gasteiger partial charge in [-0.15, -0.1) is 0 Å². The second-order valence-corrected chi connectivity index (χ2v) is 6.29. The van der Waals surface area contributed by atoms with Crippen molar-refractivity contribution in [2.75, 3.05) is 10.6 Å². The Labute approximate surface area is 131 Å². The summed E-state index contributed by atoms with van der Waals surface area (Å²) in [6.07, 6.45) is 0.813. The van der Waals surface area contributed by atoms with E-state index in [0.29, 0.717) is 6.04 Å². The first-order valence-electron chi connectivity index (χ1n) is 7.77. The van der Waals surface area contributed by atoms with Crippen molar-refractivity contribution in [2.24, 2.45) is 0 Å². The Balaban J connectivity index is 1.86. The molecule has 2 aromatic carbocycles. The Morgan fingerprint density at radius 3 is 2.55 bits per heavy atom. The highest BCUT2D eigenvalue weighted by Crippen LogP contribution is 2.34. The predicted octanol–water partition coefficient (Wildman–Crippen LogP) is 4.23. The van der Waals surface area contributed by atoms with Crippen molar-refractivity contribution in [3.8, 4) is 0 Å². The summed E-state index contributed by atoms with van der Waals surface area (Å²) < 4.78 is 0. The number of benzene rings is 2. The molecule has 0 spiro atoms. The minimum Gasteiger partial charge on any atom is -0.382 e. The number of hydrogen-bond acceptors (Lipinski definition) is 2. The molecule has 2 unspecified atom stereocenters. The maximum atomic E-state index is 12.8. The molecule has 3 rings (SSSR count). The SMILES string of the molecule is Cc1cc(C)cc(NC(=O)C2CC(C)Nc3ccccc32)c1. The van der Waals surface area contributed by atoms with Crippen LogP contribution in [0.25, 0.3) is 0 Å². The van der Waals surface area contributed by atoms with Gasteiger partial charge in [0.05, 0.1) is 5.92 Å². The number of hydrogen-bond donors (Lipinski definition) is 2. The van der Waals surface area contributed by atoms with Gasteiger partial charge in [-0.2, -0.15) is 0 Å². The molecule has 22 heavy (non-hydrogen) atoms. The number of fused-ring (bicyclic) bond motifs is 1. The fourth-order valence-electron chi connectivity index (χ4n) is 3.26. The molecule has 0 fully saturated rings. The van der Waals surface area contributed by atoms with Gasteiger partial charge >= 0.3 is 0 Å². The molecule has 1 amide bonds. The molecule has 1 aliphatic rings. The largest absolute Gasteiger partial charge is 0.382 e. The second-order valence-electron chi connectivity index (χ2n) is 6.29. The first kappa shape index (κ1) is 14.6. The van der Waals surface area contributed by atoms with Gasteiger partial charge in [0.15, 0.2) is 0 Å².